The van der Waals surface area contributed by atoms with E-state index in [1.54, 1.807) is 0 Å². The molecule has 0 aromatic heterocycles. The molecule has 0 bridgehead atoms. The molecule has 0 saturated heterocycles. The Bertz CT molecular complexity index is 1310. The number of nitro groups is 2. The Morgan fingerprint density at radius 1 is 0.684 bits per heavy atom. The van der Waals surface area contributed by atoms with E-state index in [9.17, 15) is 46.2 Å². The first kappa shape index (κ1) is 37.8. The lowest BCUT2D eigenvalue weighted by Crippen LogP contribution is -2.51. The quantitative estimate of drug-likeness (QED) is 0.0459. The van der Waals surface area contributed by atoms with Crippen molar-refractivity contribution in [2.45, 2.75) is 9.79 Å². The molecule has 2 aromatic carbocycles. The van der Waals surface area contributed by atoms with Crippen molar-refractivity contribution in [3.8, 4) is 0 Å². The van der Waals surface area contributed by atoms with Gasteiger partial charge in [0, 0.05) is 24.3 Å². The maximum atomic E-state index is 11.4. The van der Waals surface area contributed by atoms with E-state index < -0.39 is 51.2 Å². The van der Waals surface area contributed by atoms with Crippen molar-refractivity contribution in [3.05, 3.63) is 67.8 Å². The van der Waals surface area contributed by atoms with Crippen molar-refractivity contribution in [3.63, 3.8) is 0 Å². The summed E-state index contributed by atoms with van der Waals surface area (Å²) in [6.45, 7) is 0. The van der Waals surface area contributed by atoms with Gasteiger partial charge in [0.15, 0.2) is 0 Å². The fourth-order valence-corrected chi connectivity index (χ4v) is 3.54. The number of hydrogen-bond acceptors (Lipinski definition) is 10. The summed E-state index contributed by atoms with van der Waals surface area (Å²) in [6, 6.07) is 4.77. The summed E-state index contributed by atoms with van der Waals surface area (Å²) in [5.41, 5.74) is 16.4. The van der Waals surface area contributed by atoms with Crippen molar-refractivity contribution in [2.24, 2.45) is 22.9 Å². The van der Waals surface area contributed by atoms with Gasteiger partial charge >= 0.3 is 11.9 Å². The molecule has 2 aromatic rings. The topological polar surface area (TPSA) is 419 Å². The molecular formula is C16H24N8O12S2. The van der Waals surface area contributed by atoms with Gasteiger partial charge in [-0.15, -0.1) is 0 Å². The number of rotatable bonds is 6. The molecule has 0 spiro atoms. The summed E-state index contributed by atoms with van der Waals surface area (Å²) in [4.78, 5) is 17.8. The van der Waals surface area contributed by atoms with E-state index >= 15 is 0 Å². The molecule has 22 heteroatoms. The van der Waals surface area contributed by atoms with Crippen LogP contribution in [0.4, 0.5) is 11.4 Å². The average molecular weight is 585 g/mol. The van der Waals surface area contributed by atoms with Gasteiger partial charge in [0.05, 0.1) is 19.6 Å². The minimum Gasteiger partial charge on any atom is -0.744 e. The smallest absolute Gasteiger partial charge is 0.336 e. The van der Waals surface area contributed by atoms with Crippen LogP contribution in [0.2, 0.25) is 0 Å². The lowest BCUT2D eigenvalue weighted by Gasteiger charge is -2.12. The number of benzene rings is 2. The van der Waals surface area contributed by atoms with E-state index in [0.29, 0.717) is 12.1 Å². The van der Waals surface area contributed by atoms with Crippen LogP contribution in [0, 0.1) is 20.2 Å². The van der Waals surface area contributed by atoms with Crippen LogP contribution >= 0.6 is 0 Å². The molecule has 0 fully saturated rings. The molecule has 0 saturated carbocycles. The molecule has 212 valence electrons. The highest BCUT2D eigenvalue weighted by Gasteiger charge is 2.16. The highest BCUT2D eigenvalue weighted by Crippen LogP contribution is 2.27. The molecule has 0 heterocycles. The monoisotopic (exact) mass is 584 g/mol. The van der Waals surface area contributed by atoms with Crippen LogP contribution in [0.3, 0.4) is 0 Å². The molecule has 0 aliphatic rings. The molecule has 16 N–H and O–H groups in total. The third-order valence-corrected chi connectivity index (χ3v) is 5.18. The molecule has 2 rings (SSSR count). The highest BCUT2D eigenvalue weighted by molar-refractivity contribution is 7.86. The predicted molar refractivity (Wildman–Crippen MR) is 129 cm³/mol. The normalized spacial score (nSPS) is 10.3. The first-order valence-corrected chi connectivity index (χ1v) is 11.5. The van der Waals surface area contributed by atoms with E-state index in [2.05, 4.69) is 33.8 Å². The van der Waals surface area contributed by atoms with Crippen LogP contribution in [0.1, 0.15) is 11.1 Å². The van der Waals surface area contributed by atoms with Crippen molar-refractivity contribution in [1.29, 1.82) is 0 Å². The standard InChI is InChI=1S/C14H10N2O10S2.2CH5N3.2H2O/c17-15(18)11-5-3-9(13(7-11)27(21,22)23)1-2-10-4-6-12(16(19)20)8-14(10)28(24,25)26;2*2-1(3)4;;/h1-8H,(H,21,22,23)(H,24,25,26);2*(H5,2,3,4);2*1H2/b2-1+;;;;. The zero-order valence-electron chi connectivity index (χ0n) is 18.9. The maximum absolute atomic E-state index is 11.4. The van der Waals surface area contributed by atoms with Crippen LogP contribution in [-0.4, -0.2) is 58.7 Å². The zero-order chi connectivity index (χ0) is 28.4. The summed E-state index contributed by atoms with van der Waals surface area (Å²) >= 11 is 0. The Morgan fingerprint density at radius 2 is 0.921 bits per heavy atom. The molecule has 0 aliphatic carbocycles. The summed E-state index contributed by atoms with van der Waals surface area (Å²) in [5, 5.41) is 30.7. The zero-order valence-corrected chi connectivity index (χ0v) is 20.5. The van der Waals surface area contributed by atoms with Crippen LogP contribution in [0.25, 0.3) is 12.2 Å². The molecule has 0 unspecified atom stereocenters. The minimum atomic E-state index is -5.13. The van der Waals surface area contributed by atoms with E-state index in [-0.39, 0.29) is 34.0 Å². The molecule has 0 atom stereocenters. The van der Waals surface area contributed by atoms with Gasteiger partial charge in [0.25, 0.3) is 11.4 Å². The SMILES string of the molecule is NC(N)=[NH2+].NC(N)=[NH2+].O.O.O=[N+]([O-])c1ccc(/C=C/c2ccc([N+](=O)[O-])cc2S(=O)(=O)[O-])c(S(=O)(=O)[O-])c1. The minimum absolute atomic E-state index is 0. The molecule has 0 aliphatic heterocycles. The van der Waals surface area contributed by atoms with Crippen molar-refractivity contribution in [2.75, 3.05) is 0 Å². The average Bonchev–Trinajstić information content (AvgIpc) is 2.69. The second-order valence-electron chi connectivity index (χ2n) is 6.20. The number of nitrogens with two attached hydrogens (primary N) is 6. The summed E-state index contributed by atoms with van der Waals surface area (Å²) in [7, 11) is -10.3. The molecular weight excluding hydrogens is 560 g/mol. The van der Waals surface area contributed by atoms with Crippen LogP contribution in [0.15, 0.2) is 46.2 Å². The van der Waals surface area contributed by atoms with Gasteiger partial charge in [-0.25, -0.2) is 16.8 Å². The van der Waals surface area contributed by atoms with E-state index in [1.807, 2.05) is 0 Å². The van der Waals surface area contributed by atoms with Gasteiger partial charge in [-0.1, -0.05) is 12.2 Å². The lowest BCUT2D eigenvalue weighted by molar-refractivity contribution is -0.385. The molecule has 20 nitrogen and oxygen atoms in total. The second kappa shape index (κ2) is 15.4. The van der Waals surface area contributed by atoms with Gasteiger partial charge < -0.3 is 20.1 Å². The van der Waals surface area contributed by atoms with Gasteiger partial charge in [0.2, 0.25) is 0 Å². The van der Waals surface area contributed by atoms with Gasteiger partial charge in [-0.3, -0.25) is 54.0 Å². The van der Waals surface area contributed by atoms with Crippen molar-refractivity contribution in [1.82, 2.24) is 0 Å². The first-order valence-electron chi connectivity index (χ1n) is 8.70. The van der Waals surface area contributed by atoms with Gasteiger partial charge in [-0.2, -0.15) is 0 Å². The highest BCUT2D eigenvalue weighted by atomic mass is 32.2. The molecule has 0 amide bonds. The maximum Gasteiger partial charge on any atom is 0.336 e. The third-order valence-electron chi connectivity index (χ3n) is 3.40. The Labute approximate surface area is 214 Å². The fraction of sp³-hybridized carbons (Fsp3) is 0. The van der Waals surface area contributed by atoms with E-state index in [4.69, 9.17) is 0 Å². The summed E-state index contributed by atoms with van der Waals surface area (Å²) in [6.07, 6.45) is 1.87. The van der Waals surface area contributed by atoms with E-state index in [1.165, 1.54) is 0 Å². The fourth-order valence-electron chi connectivity index (χ4n) is 2.16. The van der Waals surface area contributed by atoms with Crippen LogP contribution < -0.4 is 33.8 Å². The van der Waals surface area contributed by atoms with Crippen LogP contribution in [-0.2, 0) is 20.2 Å². The largest absolute Gasteiger partial charge is 0.744 e. The Balaban J connectivity index is -0.00000108. The molecule has 38 heavy (non-hydrogen) atoms. The van der Waals surface area contributed by atoms with Crippen molar-refractivity contribution < 1.29 is 57.6 Å². The summed E-state index contributed by atoms with van der Waals surface area (Å²) in [5.74, 6) is -0.167. The Kier molecular flexibility index (Phi) is 15.3. The second-order valence-corrected chi connectivity index (χ2v) is 8.90. The predicted octanol–water partition coefficient (Wildman–Crippen LogP) is -6.13. The number of hydrogen-bond donors (Lipinski definition) is 6. The first-order chi connectivity index (χ1) is 16.3. The third kappa shape index (κ3) is 13.4. The Morgan fingerprint density at radius 3 is 1.11 bits per heavy atom. The number of nitro benzene ring substituents is 2. The number of non-ortho nitro benzene ring substituents is 2. The van der Waals surface area contributed by atoms with Gasteiger partial charge in [-0.05, 0) is 23.3 Å². The number of guanidine groups is 2. The van der Waals surface area contributed by atoms with Gasteiger partial charge in [0.1, 0.15) is 20.2 Å². The van der Waals surface area contributed by atoms with E-state index in [0.717, 1.165) is 36.4 Å². The number of nitrogens with zero attached hydrogens (tertiary/aromatic N) is 2. The summed E-state index contributed by atoms with van der Waals surface area (Å²) < 4.78 is 68.1. The lowest BCUT2D eigenvalue weighted by atomic mass is 10.1. The Hall–Kier alpha value is -4.74. The van der Waals surface area contributed by atoms with Crippen molar-refractivity contribution >= 4 is 55.7 Å². The molecule has 0 radical (unpaired) electrons. The van der Waals surface area contributed by atoms with Crippen LogP contribution in [0.5, 0.6) is 0 Å².